The minimum atomic E-state index is -3.75. The lowest BCUT2D eigenvalue weighted by molar-refractivity contribution is -0.118. The van der Waals surface area contributed by atoms with Crippen LogP contribution in [0.2, 0.25) is 0 Å². The van der Waals surface area contributed by atoms with Crippen molar-refractivity contribution in [1.29, 1.82) is 0 Å². The number of ether oxygens (including phenoxy) is 2. The van der Waals surface area contributed by atoms with Crippen LogP contribution in [0.3, 0.4) is 0 Å². The zero-order valence-electron chi connectivity index (χ0n) is 13.7. The molecule has 8 nitrogen and oxygen atoms in total. The number of fused-ring (bicyclic) bond motifs is 1. The Bertz CT molecular complexity index is 780. The Morgan fingerprint density at radius 2 is 2.21 bits per heavy atom. The van der Waals surface area contributed by atoms with E-state index < -0.39 is 10.0 Å². The van der Waals surface area contributed by atoms with E-state index in [-0.39, 0.29) is 28.6 Å². The van der Waals surface area contributed by atoms with E-state index in [0.29, 0.717) is 37.5 Å². The predicted molar refractivity (Wildman–Crippen MR) is 87.7 cm³/mol. The molecule has 1 aromatic rings. The summed E-state index contributed by atoms with van der Waals surface area (Å²) in [6.45, 7) is 3.03. The molecule has 2 aliphatic heterocycles. The van der Waals surface area contributed by atoms with Gasteiger partial charge in [0.2, 0.25) is 10.0 Å². The van der Waals surface area contributed by atoms with Gasteiger partial charge in [0.1, 0.15) is 16.4 Å². The first-order valence-corrected chi connectivity index (χ1v) is 9.08. The van der Waals surface area contributed by atoms with Gasteiger partial charge in [-0.1, -0.05) is 6.92 Å². The third-order valence-corrected chi connectivity index (χ3v) is 6.40. The summed E-state index contributed by atoms with van der Waals surface area (Å²) in [5.74, 6) is 0.189. The molecule has 1 fully saturated rings. The average molecular weight is 355 g/mol. The van der Waals surface area contributed by atoms with Gasteiger partial charge < -0.3 is 20.5 Å². The van der Waals surface area contributed by atoms with Gasteiger partial charge in [-0.05, 0) is 18.4 Å². The van der Waals surface area contributed by atoms with E-state index in [9.17, 15) is 13.2 Å². The summed E-state index contributed by atoms with van der Waals surface area (Å²) in [6, 6.07) is 2.87. The highest BCUT2D eigenvalue weighted by molar-refractivity contribution is 7.89. The van der Waals surface area contributed by atoms with Crippen LogP contribution in [0.15, 0.2) is 17.0 Å². The Hall–Kier alpha value is -1.84. The van der Waals surface area contributed by atoms with Crippen molar-refractivity contribution < 1.29 is 22.7 Å². The van der Waals surface area contributed by atoms with Crippen LogP contribution in [0.1, 0.15) is 13.3 Å². The number of methoxy groups -OCH3 is 1. The molecule has 0 bridgehead atoms. The lowest BCUT2D eigenvalue weighted by Crippen LogP contribution is -2.34. The summed E-state index contributed by atoms with van der Waals surface area (Å²) in [5, 5.41) is 2.64. The van der Waals surface area contributed by atoms with Crippen molar-refractivity contribution in [2.24, 2.45) is 11.1 Å². The summed E-state index contributed by atoms with van der Waals surface area (Å²) in [6.07, 6.45) is 0.711. The Kier molecular flexibility index (Phi) is 4.18. The maximum Gasteiger partial charge on any atom is 0.262 e. The Balaban J connectivity index is 2.00. The first kappa shape index (κ1) is 17.0. The Labute approximate surface area is 141 Å². The third-order valence-electron chi connectivity index (χ3n) is 4.53. The molecule has 132 valence electrons. The molecule has 1 unspecified atom stereocenters. The van der Waals surface area contributed by atoms with Gasteiger partial charge in [-0.25, -0.2) is 8.42 Å². The van der Waals surface area contributed by atoms with Crippen molar-refractivity contribution in [2.45, 2.75) is 18.2 Å². The predicted octanol–water partition coefficient (Wildman–Crippen LogP) is 0.386. The molecular weight excluding hydrogens is 334 g/mol. The van der Waals surface area contributed by atoms with Gasteiger partial charge in [0.15, 0.2) is 6.61 Å². The molecule has 2 aliphatic rings. The molecule has 1 amide bonds. The molecule has 24 heavy (non-hydrogen) atoms. The summed E-state index contributed by atoms with van der Waals surface area (Å²) in [5.41, 5.74) is 5.94. The number of carbonyl (C=O) groups is 1. The van der Waals surface area contributed by atoms with Crippen LogP contribution < -0.4 is 20.5 Å². The van der Waals surface area contributed by atoms with Gasteiger partial charge in [-0.15, -0.1) is 0 Å². The zero-order valence-corrected chi connectivity index (χ0v) is 14.5. The van der Waals surface area contributed by atoms with E-state index in [1.807, 2.05) is 6.92 Å². The second kappa shape index (κ2) is 5.91. The molecule has 0 radical (unpaired) electrons. The van der Waals surface area contributed by atoms with Crippen LogP contribution in [0, 0.1) is 5.41 Å². The highest BCUT2D eigenvalue weighted by Gasteiger charge is 2.40. The fourth-order valence-corrected chi connectivity index (χ4v) is 4.68. The van der Waals surface area contributed by atoms with Crippen LogP contribution >= 0.6 is 0 Å². The fraction of sp³-hybridized carbons (Fsp3) is 0.533. The largest absolute Gasteiger partial charge is 0.495 e. The van der Waals surface area contributed by atoms with Crippen molar-refractivity contribution in [3.05, 3.63) is 12.1 Å². The van der Waals surface area contributed by atoms with Crippen LogP contribution in [0.25, 0.3) is 0 Å². The van der Waals surface area contributed by atoms with E-state index in [1.165, 1.54) is 23.5 Å². The number of hydrogen-bond donors (Lipinski definition) is 2. The number of carbonyl (C=O) groups excluding carboxylic acids is 1. The summed E-state index contributed by atoms with van der Waals surface area (Å²) < 4.78 is 38.0. The molecule has 1 aromatic carbocycles. The summed E-state index contributed by atoms with van der Waals surface area (Å²) in [4.78, 5) is 11.4. The quantitative estimate of drug-likeness (QED) is 0.808. The highest BCUT2D eigenvalue weighted by atomic mass is 32.2. The van der Waals surface area contributed by atoms with Crippen LogP contribution in [-0.2, 0) is 14.8 Å². The van der Waals surface area contributed by atoms with E-state index in [2.05, 4.69) is 5.32 Å². The molecule has 0 spiro atoms. The molecule has 2 heterocycles. The van der Waals surface area contributed by atoms with Crippen LogP contribution in [-0.4, -0.2) is 52.0 Å². The first-order chi connectivity index (χ1) is 11.3. The second-order valence-electron chi connectivity index (χ2n) is 6.44. The number of amides is 1. The smallest absolute Gasteiger partial charge is 0.262 e. The maximum absolute atomic E-state index is 13.0. The number of sulfonamides is 1. The summed E-state index contributed by atoms with van der Waals surface area (Å²) in [7, 11) is -2.36. The SMILES string of the molecule is COc1cc2c(cc1S(=O)(=O)N1CCC(C)(CN)C1)OCC(=O)N2. The minimum Gasteiger partial charge on any atom is -0.495 e. The molecule has 3 rings (SSSR count). The second-order valence-corrected chi connectivity index (χ2v) is 8.35. The zero-order chi connectivity index (χ0) is 17.5. The Morgan fingerprint density at radius 3 is 2.83 bits per heavy atom. The van der Waals surface area contributed by atoms with E-state index in [1.54, 1.807) is 0 Å². The topological polar surface area (TPSA) is 111 Å². The number of nitrogens with one attached hydrogen (secondary N) is 1. The van der Waals surface area contributed by atoms with E-state index in [0.717, 1.165) is 0 Å². The third kappa shape index (κ3) is 2.83. The van der Waals surface area contributed by atoms with Crippen LogP contribution in [0.4, 0.5) is 5.69 Å². The van der Waals surface area contributed by atoms with Crippen molar-refractivity contribution in [3.63, 3.8) is 0 Å². The van der Waals surface area contributed by atoms with Crippen molar-refractivity contribution in [3.8, 4) is 11.5 Å². The average Bonchev–Trinajstić information content (AvgIpc) is 2.97. The lowest BCUT2D eigenvalue weighted by atomic mass is 9.90. The number of anilines is 1. The molecule has 0 aliphatic carbocycles. The van der Waals surface area contributed by atoms with Crippen LogP contribution in [0.5, 0.6) is 11.5 Å². The normalized spacial score (nSPS) is 24.2. The van der Waals surface area contributed by atoms with Gasteiger partial charge in [0.25, 0.3) is 5.91 Å². The number of nitrogens with two attached hydrogens (primary N) is 1. The fourth-order valence-electron chi connectivity index (χ4n) is 2.94. The molecular formula is C15H21N3O5S. The minimum absolute atomic E-state index is 0.0289. The monoisotopic (exact) mass is 355 g/mol. The van der Waals surface area contributed by atoms with Crippen molar-refractivity contribution >= 4 is 21.6 Å². The molecule has 3 N–H and O–H groups in total. The maximum atomic E-state index is 13.0. The van der Waals surface area contributed by atoms with Crippen molar-refractivity contribution in [2.75, 3.05) is 38.7 Å². The van der Waals surface area contributed by atoms with Gasteiger partial charge in [0.05, 0.1) is 12.8 Å². The molecule has 0 aromatic heterocycles. The van der Waals surface area contributed by atoms with E-state index >= 15 is 0 Å². The first-order valence-electron chi connectivity index (χ1n) is 7.64. The molecule has 1 atom stereocenters. The standard InChI is InChI=1S/C15H21N3O5S/c1-15(8-16)3-4-18(9-15)24(20,21)13-6-11-10(5-12(13)22-2)17-14(19)7-23-11/h5-6H,3-4,7-9,16H2,1-2H3,(H,17,19). The van der Waals surface area contributed by atoms with Gasteiger partial charge in [0, 0.05) is 25.2 Å². The number of rotatable bonds is 4. The number of benzene rings is 1. The summed E-state index contributed by atoms with van der Waals surface area (Å²) >= 11 is 0. The van der Waals surface area contributed by atoms with Gasteiger partial charge in [-0.2, -0.15) is 4.31 Å². The van der Waals surface area contributed by atoms with Crippen molar-refractivity contribution in [1.82, 2.24) is 4.31 Å². The Morgan fingerprint density at radius 1 is 1.46 bits per heavy atom. The van der Waals surface area contributed by atoms with Gasteiger partial charge >= 0.3 is 0 Å². The number of hydrogen-bond acceptors (Lipinski definition) is 6. The lowest BCUT2D eigenvalue weighted by Gasteiger charge is -2.24. The van der Waals surface area contributed by atoms with E-state index in [4.69, 9.17) is 15.2 Å². The molecule has 1 saturated heterocycles. The molecule has 9 heteroatoms. The highest BCUT2D eigenvalue weighted by Crippen LogP contribution is 2.40. The number of nitrogens with zero attached hydrogens (tertiary/aromatic N) is 1. The molecule has 0 saturated carbocycles. The van der Waals surface area contributed by atoms with Gasteiger partial charge in [-0.3, -0.25) is 4.79 Å².